The SMILES string of the molecule is CC(Oc1cccc(Cl)c1)C(=O)NCCN1CCN(Cc2ccccc2)CC1. The van der Waals surface area contributed by atoms with E-state index >= 15 is 0 Å². The zero-order valence-electron chi connectivity index (χ0n) is 16.3. The molecule has 2 aromatic rings. The van der Waals surface area contributed by atoms with Crippen LogP contribution in [-0.2, 0) is 11.3 Å². The third-order valence-corrected chi connectivity index (χ3v) is 5.15. The number of hydrogen-bond donors (Lipinski definition) is 1. The van der Waals surface area contributed by atoms with E-state index in [1.807, 2.05) is 0 Å². The lowest BCUT2D eigenvalue weighted by Gasteiger charge is -2.34. The highest BCUT2D eigenvalue weighted by Crippen LogP contribution is 2.18. The molecule has 28 heavy (non-hydrogen) atoms. The second-order valence-corrected chi connectivity index (χ2v) is 7.55. The first-order chi connectivity index (χ1) is 13.6. The van der Waals surface area contributed by atoms with Crippen molar-refractivity contribution in [1.82, 2.24) is 15.1 Å². The highest BCUT2D eigenvalue weighted by molar-refractivity contribution is 6.30. The van der Waals surface area contributed by atoms with Crippen molar-refractivity contribution in [3.05, 3.63) is 65.2 Å². The maximum Gasteiger partial charge on any atom is 0.260 e. The van der Waals surface area contributed by atoms with E-state index in [0.717, 1.165) is 39.3 Å². The Morgan fingerprint density at radius 1 is 1.07 bits per heavy atom. The van der Waals surface area contributed by atoms with Crippen molar-refractivity contribution in [2.24, 2.45) is 0 Å². The Labute approximate surface area is 172 Å². The van der Waals surface area contributed by atoms with Gasteiger partial charge in [-0.05, 0) is 30.7 Å². The van der Waals surface area contributed by atoms with Crippen molar-refractivity contribution in [2.45, 2.75) is 19.6 Å². The summed E-state index contributed by atoms with van der Waals surface area (Å²) in [4.78, 5) is 17.1. The molecular weight excluding hydrogens is 374 g/mol. The minimum absolute atomic E-state index is 0.109. The van der Waals surface area contributed by atoms with Crippen molar-refractivity contribution in [3.8, 4) is 5.75 Å². The molecule has 1 heterocycles. The summed E-state index contributed by atoms with van der Waals surface area (Å²) in [5.74, 6) is 0.493. The van der Waals surface area contributed by atoms with Gasteiger partial charge in [0.1, 0.15) is 5.75 Å². The van der Waals surface area contributed by atoms with E-state index in [1.54, 1.807) is 31.2 Å². The van der Waals surface area contributed by atoms with E-state index in [0.29, 0.717) is 17.3 Å². The lowest BCUT2D eigenvalue weighted by atomic mass is 10.2. The first-order valence-electron chi connectivity index (χ1n) is 9.79. The number of amides is 1. The summed E-state index contributed by atoms with van der Waals surface area (Å²) in [5, 5.41) is 3.56. The van der Waals surface area contributed by atoms with Gasteiger partial charge in [0.05, 0.1) is 0 Å². The minimum Gasteiger partial charge on any atom is -0.481 e. The first kappa shape index (κ1) is 20.6. The van der Waals surface area contributed by atoms with Crippen LogP contribution in [0, 0.1) is 0 Å². The van der Waals surface area contributed by atoms with Crippen LogP contribution in [-0.4, -0.2) is 61.1 Å². The molecule has 1 N–H and O–H groups in total. The molecule has 5 nitrogen and oxygen atoms in total. The van der Waals surface area contributed by atoms with Crippen LogP contribution in [0.2, 0.25) is 5.02 Å². The van der Waals surface area contributed by atoms with Gasteiger partial charge in [-0.25, -0.2) is 0 Å². The summed E-state index contributed by atoms with van der Waals surface area (Å²) < 4.78 is 5.65. The van der Waals surface area contributed by atoms with Gasteiger partial charge in [0.15, 0.2) is 6.10 Å². The molecule has 0 aliphatic carbocycles. The predicted octanol–water partition coefficient (Wildman–Crippen LogP) is 3.04. The van der Waals surface area contributed by atoms with Crippen LogP contribution in [0.5, 0.6) is 5.75 Å². The lowest BCUT2D eigenvalue weighted by Crippen LogP contribution is -2.48. The molecule has 1 aliphatic heterocycles. The molecule has 1 unspecified atom stereocenters. The van der Waals surface area contributed by atoms with E-state index in [4.69, 9.17) is 16.3 Å². The molecule has 1 fully saturated rings. The Morgan fingerprint density at radius 3 is 2.50 bits per heavy atom. The number of halogens is 1. The number of piperazine rings is 1. The molecule has 0 bridgehead atoms. The second kappa shape index (κ2) is 10.5. The number of carbonyl (C=O) groups excluding carboxylic acids is 1. The van der Waals surface area contributed by atoms with Gasteiger partial charge in [-0.2, -0.15) is 0 Å². The van der Waals surface area contributed by atoms with E-state index in [1.165, 1.54) is 5.56 Å². The molecule has 1 amide bonds. The van der Waals surface area contributed by atoms with Crippen LogP contribution in [0.25, 0.3) is 0 Å². The van der Waals surface area contributed by atoms with Gasteiger partial charge < -0.3 is 10.1 Å². The van der Waals surface area contributed by atoms with Gasteiger partial charge in [-0.3, -0.25) is 14.6 Å². The maximum absolute atomic E-state index is 12.2. The highest BCUT2D eigenvalue weighted by Gasteiger charge is 2.18. The van der Waals surface area contributed by atoms with Gasteiger partial charge >= 0.3 is 0 Å². The van der Waals surface area contributed by atoms with Crippen LogP contribution in [0.3, 0.4) is 0 Å². The van der Waals surface area contributed by atoms with Gasteiger partial charge in [-0.15, -0.1) is 0 Å². The quantitative estimate of drug-likeness (QED) is 0.738. The Morgan fingerprint density at radius 2 is 1.79 bits per heavy atom. The Kier molecular flexibility index (Phi) is 7.71. The lowest BCUT2D eigenvalue weighted by molar-refractivity contribution is -0.127. The Balaban J connectivity index is 1.32. The molecule has 0 aromatic heterocycles. The standard InChI is InChI=1S/C22H28ClN3O2/c1-18(28-21-9-5-8-20(23)16-21)22(27)24-10-11-25-12-14-26(15-13-25)17-19-6-3-2-4-7-19/h2-9,16,18H,10-15,17H2,1H3,(H,24,27). The summed E-state index contributed by atoms with van der Waals surface area (Å²) in [6, 6.07) is 17.7. The average molecular weight is 402 g/mol. The number of benzene rings is 2. The Bertz CT molecular complexity index is 748. The number of carbonyl (C=O) groups is 1. The van der Waals surface area contributed by atoms with Gasteiger partial charge in [0, 0.05) is 50.8 Å². The van der Waals surface area contributed by atoms with Gasteiger partial charge in [-0.1, -0.05) is 48.0 Å². The molecule has 3 rings (SSSR count). The van der Waals surface area contributed by atoms with Crippen LogP contribution >= 0.6 is 11.6 Å². The fraction of sp³-hybridized carbons (Fsp3) is 0.409. The predicted molar refractivity (Wildman–Crippen MR) is 113 cm³/mol. The van der Waals surface area contributed by atoms with Crippen molar-refractivity contribution >= 4 is 17.5 Å². The van der Waals surface area contributed by atoms with Crippen molar-refractivity contribution in [3.63, 3.8) is 0 Å². The van der Waals surface area contributed by atoms with E-state index < -0.39 is 6.10 Å². The summed E-state index contributed by atoms with van der Waals surface area (Å²) in [5.41, 5.74) is 1.36. The molecular formula is C22H28ClN3O2. The molecule has 0 radical (unpaired) electrons. The monoisotopic (exact) mass is 401 g/mol. The molecule has 1 atom stereocenters. The van der Waals surface area contributed by atoms with Crippen molar-refractivity contribution in [2.75, 3.05) is 39.3 Å². The summed E-state index contributed by atoms with van der Waals surface area (Å²) >= 11 is 5.94. The molecule has 150 valence electrons. The number of nitrogens with one attached hydrogen (secondary N) is 1. The number of ether oxygens (including phenoxy) is 1. The third-order valence-electron chi connectivity index (χ3n) is 4.92. The second-order valence-electron chi connectivity index (χ2n) is 7.11. The molecule has 1 aliphatic rings. The smallest absolute Gasteiger partial charge is 0.260 e. The van der Waals surface area contributed by atoms with E-state index in [2.05, 4.69) is 45.4 Å². The van der Waals surface area contributed by atoms with Crippen molar-refractivity contribution < 1.29 is 9.53 Å². The van der Waals surface area contributed by atoms with Crippen molar-refractivity contribution in [1.29, 1.82) is 0 Å². The minimum atomic E-state index is -0.554. The zero-order valence-corrected chi connectivity index (χ0v) is 17.1. The summed E-state index contributed by atoms with van der Waals surface area (Å²) in [6.07, 6.45) is -0.554. The highest BCUT2D eigenvalue weighted by atomic mass is 35.5. The van der Waals surface area contributed by atoms with E-state index in [9.17, 15) is 4.79 Å². The van der Waals surface area contributed by atoms with Crippen LogP contribution in [0.15, 0.2) is 54.6 Å². The molecule has 0 saturated carbocycles. The molecule has 2 aromatic carbocycles. The normalized spacial score (nSPS) is 16.5. The van der Waals surface area contributed by atoms with Gasteiger partial charge in [0.2, 0.25) is 0 Å². The molecule has 1 saturated heterocycles. The fourth-order valence-electron chi connectivity index (χ4n) is 3.29. The maximum atomic E-state index is 12.2. The largest absolute Gasteiger partial charge is 0.481 e. The van der Waals surface area contributed by atoms with Crippen LogP contribution < -0.4 is 10.1 Å². The average Bonchev–Trinajstić information content (AvgIpc) is 2.70. The topological polar surface area (TPSA) is 44.8 Å². The number of hydrogen-bond acceptors (Lipinski definition) is 4. The summed E-state index contributed by atoms with van der Waals surface area (Å²) in [6.45, 7) is 8.39. The number of nitrogens with zero attached hydrogens (tertiary/aromatic N) is 2. The first-order valence-corrected chi connectivity index (χ1v) is 10.2. The number of rotatable bonds is 8. The molecule has 6 heteroatoms. The summed E-state index contributed by atoms with van der Waals surface area (Å²) in [7, 11) is 0. The third kappa shape index (κ3) is 6.51. The Hall–Kier alpha value is -2.08. The van der Waals surface area contributed by atoms with Crippen LogP contribution in [0.1, 0.15) is 12.5 Å². The van der Waals surface area contributed by atoms with Gasteiger partial charge in [0.25, 0.3) is 5.91 Å². The van der Waals surface area contributed by atoms with E-state index in [-0.39, 0.29) is 5.91 Å². The van der Waals surface area contributed by atoms with Crippen LogP contribution in [0.4, 0.5) is 0 Å². The molecule has 0 spiro atoms. The fourth-order valence-corrected chi connectivity index (χ4v) is 3.47. The zero-order chi connectivity index (χ0) is 19.8.